The Labute approximate surface area is 175 Å². The number of ether oxygens (including phenoxy) is 1. The lowest BCUT2D eigenvalue weighted by Crippen LogP contribution is -1.95. The van der Waals surface area contributed by atoms with Crippen LogP contribution >= 0.6 is 0 Å². The minimum absolute atomic E-state index is 0. The van der Waals surface area contributed by atoms with Crippen molar-refractivity contribution in [1.29, 1.82) is 0 Å². The van der Waals surface area contributed by atoms with E-state index in [-0.39, 0.29) is 1.43 Å². The van der Waals surface area contributed by atoms with Gasteiger partial charge in [0.1, 0.15) is 0 Å². The van der Waals surface area contributed by atoms with Crippen LogP contribution in [-0.4, -0.2) is 27.2 Å². The van der Waals surface area contributed by atoms with Crippen LogP contribution in [0.4, 0.5) is 0 Å². The first-order chi connectivity index (χ1) is 14.7. The van der Waals surface area contributed by atoms with E-state index in [2.05, 4.69) is 51.3 Å². The molecule has 0 atom stereocenters. The summed E-state index contributed by atoms with van der Waals surface area (Å²) in [6.45, 7) is 2.61. The van der Waals surface area contributed by atoms with E-state index < -0.39 is 0 Å². The number of rotatable bonds is 5. The standard InChI is InChI=1S/C24H20N4O2.H2/c1-15-5-3-4-6-19(15)20-9-7-17(11-18(20)13-29-2)24-27-23(28-30-24)16-8-10-21-22(12-16)26-14-25-21;/h3-12,14H,13H2,1-2H3,(H,25,26);1H. The van der Waals surface area contributed by atoms with Crippen molar-refractivity contribution in [3.05, 3.63) is 78.1 Å². The van der Waals surface area contributed by atoms with E-state index >= 15 is 0 Å². The molecule has 3 aromatic carbocycles. The predicted octanol–water partition coefficient (Wildman–Crippen LogP) is 5.65. The molecule has 0 bridgehead atoms. The second-order valence-electron chi connectivity index (χ2n) is 7.18. The summed E-state index contributed by atoms with van der Waals surface area (Å²) in [7, 11) is 1.70. The van der Waals surface area contributed by atoms with Crippen LogP contribution < -0.4 is 0 Å². The molecular formula is C24H22N4O2. The molecule has 2 aromatic heterocycles. The maximum atomic E-state index is 5.57. The van der Waals surface area contributed by atoms with E-state index in [0.717, 1.165) is 33.3 Å². The van der Waals surface area contributed by atoms with E-state index in [9.17, 15) is 0 Å². The minimum atomic E-state index is 0. The molecule has 2 heterocycles. The number of aryl methyl sites for hydroxylation is 1. The second kappa shape index (κ2) is 7.57. The lowest BCUT2D eigenvalue weighted by molar-refractivity contribution is 0.185. The van der Waals surface area contributed by atoms with Gasteiger partial charge in [0.15, 0.2) is 0 Å². The third-order valence-electron chi connectivity index (χ3n) is 5.19. The Bertz CT molecular complexity index is 1340. The van der Waals surface area contributed by atoms with E-state index in [4.69, 9.17) is 9.26 Å². The summed E-state index contributed by atoms with van der Waals surface area (Å²) in [4.78, 5) is 12.0. The average molecular weight is 398 g/mol. The fourth-order valence-electron chi connectivity index (χ4n) is 3.67. The van der Waals surface area contributed by atoms with Crippen molar-refractivity contribution in [3.8, 4) is 34.0 Å². The Hall–Kier alpha value is -3.77. The number of fused-ring (bicyclic) bond motifs is 1. The summed E-state index contributed by atoms with van der Waals surface area (Å²) in [6.07, 6.45) is 1.67. The summed E-state index contributed by atoms with van der Waals surface area (Å²) in [5, 5.41) is 4.17. The molecule has 0 aliphatic rings. The summed E-state index contributed by atoms with van der Waals surface area (Å²) in [5.41, 5.74) is 8.19. The smallest absolute Gasteiger partial charge is 0.258 e. The number of hydrogen-bond acceptors (Lipinski definition) is 5. The number of benzene rings is 3. The SMILES string of the molecule is COCc1cc(-c2nc(-c3ccc4nc[nH]c4c3)no2)ccc1-c1ccccc1C.[HH]. The average Bonchev–Trinajstić information content (AvgIpc) is 3.44. The van der Waals surface area contributed by atoms with Crippen LogP contribution in [0.2, 0.25) is 0 Å². The zero-order valence-electron chi connectivity index (χ0n) is 16.7. The highest BCUT2D eigenvalue weighted by molar-refractivity contribution is 5.80. The number of imidazole rings is 1. The highest BCUT2D eigenvalue weighted by atomic mass is 16.5. The van der Waals surface area contributed by atoms with Crippen LogP contribution in [0.1, 0.15) is 12.6 Å². The third-order valence-corrected chi connectivity index (χ3v) is 5.19. The van der Waals surface area contributed by atoms with Gasteiger partial charge in [0.2, 0.25) is 5.82 Å². The molecule has 5 rings (SSSR count). The van der Waals surface area contributed by atoms with E-state index in [0.29, 0.717) is 18.3 Å². The Morgan fingerprint density at radius 1 is 1.00 bits per heavy atom. The molecule has 6 heteroatoms. The van der Waals surface area contributed by atoms with Crippen LogP contribution in [-0.2, 0) is 11.3 Å². The zero-order chi connectivity index (χ0) is 20.5. The van der Waals surface area contributed by atoms with E-state index in [1.54, 1.807) is 13.4 Å². The van der Waals surface area contributed by atoms with Crippen molar-refractivity contribution >= 4 is 11.0 Å². The van der Waals surface area contributed by atoms with Crippen molar-refractivity contribution in [1.82, 2.24) is 20.1 Å². The Kier molecular flexibility index (Phi) is 4.61. The fraction of sp³-hybridized carbons (Fsp3) is 0.125. The van der Waals surface area contributed by atoms with Gasteiger partial charge in [-0.15, -0.1) is 0 Å². The van der Waals surface area contributed by atoms with Crippen molar-refractivity contribution in [2.75, 3.05) is 7.11 Å². The molecule has 0 unspecified atom stereocenters. The maximum Gasteiger partial charge on any atom is 0.258 e. The van der Waals surface area contributed by atoms with Gasteiger partial charge in [-0.2, -0.15) is 4.98 Å². The highest BCUT2D eigenvalue weighted by Gasteiger charge is 2.15. The van der Waals surface area contributed by atoms with E-state index in [1.165, 1.54) is 11.1 Å². The number of hydrogen-bond donors (Lipinski definition) is 1. The molecule has 0 amide bonds. The normalized spacial score (nSPS) is 11.3. The van der Waals surface area contributed by atoms with Crippen LogP contribution in [0.15, 0.2) is 71.5 Å². The summed E-state index contributed by atoms with van der Waals surface area (Å²) >= 11 is 0. The highest BCUT2D eigenvalue weighted by Crippen LogP contribution is 2.32. The molecule has 150 valence electrons. The van der Waals surface area contributed by atoms with Crippen molar-refractivity contribution < 1.29 is 10.7 Å². The molecule has 0 aliphatic heterocycles. The summed E-state index contributed by atoms with van der Waals surface area (Å²) < 4.78 is 11.0. The maximum absolute atomic E-state index is 5.57. The Morgan fingerprint density at radius 3 is 2.73 bits per heavy atom. The monoisotopic (exact) mass is 398 g/mol. The van der Waals surface area contributed by atoms with Crippen LogP contribution in [0.25, 0.3) is 45.0 Å². The number of aromatic amines is 1. The molecule has 0 saturated carbocycles. The number of nitrogens with one attached hydrogen (secondary N) is 1. The first-order valence-electron chi connectivity index (χ1n) is 9.68. The molecule has 6 nitrogen and oxygen atoms in total. The van der Waals surface area contributed by atoms with Crippen LogP contribution in [0, 0.1) is 6.92 Å². The Morgan fingerprint density at radius 2 is 1.87 bits per heavy atom. The molecule has 0 spiro atoms. The first-order valence-corrected chi connectivity index (χ1v) is 9.68. The van der Waals surface area contributed by atoms with Gasteiger partial charge in [0.25, 0.3) is 5.89 Å². The van der Waals surface area contributed by atoms with Gasteiger partial charge in [0, 0.05) is 19.7 Å². The number of H-pyrrole nitrogens is 1. The Balaban J connectivity index is 0.00000231. The second-order valence-corrected chi connectivity index (χ2v) is 7.18. The van der Waals surface area contributed by atoms with E-state index in [1.807, 2.05) is 36.4 Å². The van der Waals surface area contributed by atoms with Gasteiger partial charge in [-0.3, -0.25) is 0 Å². The van der Waals surface area contributed by atoms with Gasteiger partial charge in [-0.05, 0) is 59.5 Å². The fourth-order valence-corrected chi connectivity index (χ4v) is 3.67. The van der Waals surface area contributed by atoms with Gasteiger partial charge in [-0.25, -0.2) is 4.98 Å². The molecule has 0 aliphatic carbocycles. The quantitative estimate of drug-likeness (QED) is 0.414. The largest absolute Gasteiger partial charge is 0.380 e. The van der Waals surface area contributed by atoms with Gasteiger partial charge < -0.3 is 14.2 Å². The molecule has 30 heavy (non-hydrogen) atoms. The summed E-state index contributed by atoms with van der Waals surface area (Å²) in [6, 6.07) is 20.3. The van der Waals surface area contributed by atoms with Crippen LogP contribution in [0.3, 0.4) is 0 Å². The van der Waals surface area contributed by atoms with Crippen LogP contribution in [0.5, 0.6) is 0 Å². The summed E-state index contributed by atoms with van der Waals surface area (Å²) in [5.74, 6) is 1.01. The first kappa shape index (κ1) is 18.3. The lowest BCUT2D eigenvalue weighted by atomic mass is 9.94. The van der Waals surface area contributed by atoms with Gasteiger partial charge in [0.05, 0.1) is 24.0 Å². The topological polar surface area (TPSA) is 76.8 Å². The number of methoxy groups -OCH3 is 1. The third kappa shape index (κ3) is 3.27. The molecule has 0 radical (unpaired) electrons. The van der Waals surface area contributed by atoms with Crippen molar-refractivity contribution in [2.24, 2.45) is 0 Å². The lowest BCUT2D eigenvalue weighted by Gasteiger charge is -2.12. The molecule has 5 aromatic rings. The van der Waals surface area contributed by atoms with Crippen molar-refractivity contribution in [2.45, 2.75) is 13.5 Å². The molecular weight excluding hydrogens is 376 g/mol. The van der Waals surface area contributed by atoms with Gasteiger partial charge in [-0.1, -0.05) is 35.5 Å². The zero-order valence-corrected chi connectivity index (χ0v) is 16.7. The number of aromatic nitrogens is 4. The van der Waals surface area contributed by atoms with Gasteiger partial charge >= 0.3 is 0 Å². The predicted molar refractivity (Wildman–Crippen MR) is 118 cm³/mol. The van der Waals surface area contributed by atoms with Crippen molar-refractivity contribution in [3.63, 3.8) is 0 Å². The number of nitrogens with zero attached hydrogens (tertiary/aromatic N) is 3. The molecule has 1 N–H and O–H groups in total. The molecule has 0 fully saturated rings. The molecule has 0 saturated heterocycles. The minimum Gasteiger partial charge on any atom is -0.380 e.